The van der Waals surface area contributed by atoms with E-state index in [4.69, 9.17) is 9.47 Å². The van der Waals surface area contributed by atoms with Crippen LogP contribution in [0.3, 0.4) is 0 Å². The molecule has 0 atom stereocenters. The molecule has 0 spiro atoms. The van der Waals surface area contributed by atoms with Gasteiger partial charge in [-0.25, -0.2) is 4.98 Å². The van der Waals surface area contributed by atoms with E-state index in [1.54, 1.807) is 20.4 Å². The molecule has 0 bridgehead atoms. The van der Waals surface area contributed by atoms with Gasteiger partial charge in [0.1, 0.15) is 11.5 Å². The van der Waals surface area contributed by atoms with Gasteiger partial charge in [0.25, 0.3) is 0 Å². The van der Waals surface area contributed by atoms with Crippen LogP contribution in [0.15, 0.2) is 18.3 Å². The topological polar surface area (TPSA) is 64.2 Å². The zero-order valence-corrected chi connectivity index (χ0v) is 11.4. The van der Waals surface area contributed by atoms with Gasteiger partial charge in [-0.3, -0.25) is 4.79 Å². The van der Waals surface area contributed by atoms with Crippen LogP contribution in [0.4, 0.5) is 0 Å². The Bertz CT molecular complexity index is 617. The standard InChI is InChI=1S/C14H16N2O3/c1-8-5-13(19-4)10(6-12(8)18-3)11-7-15-14(16-11)9(2)17/h5-7H,1-4H3,(H,15,16). The number of nitrogens with one attached hydrogen (secondary N) is 1. The number of aromatic amines is 1. The number of H-pyrrole nitrogens is 1. The molecule has 0 saturated heterocycles. The van der Waals surface area contributed by atoms with Crippen LogP contribution in [0.5, 0.6) is 11.5 Å². The molecule has 2 rings (SSSR count). The highest BCUT2D eigenvalue weighted by Crippen LogP contribution is 2.34. The van der Waals surface area contributed by atoms with Gasteiger partial charge in [0.05, 0.1) is 26.1 Å². The molecule has 1 N–H and O–H groups in total. The molecule has 0 aliphatic carbocycles. The van der Waals surface area contributed by atoms with Gasteiger partial charge in [0.15, 0.2) is 11.6 Å². The fraction of sp³-hybridized carbons (Fsp3) is 0.286. The highest BCUT2D eigenvalue weighted by atomic mass is 16.5. The van der Waals surface area contributed by atoms with E-state index in [2.05, 4.69) is 9.97 Å². The first-order valence-corrected chi connectivity index (χ1v) is 5.85. The van der Waals surface area contributed by atoms with Gasteiger partial charge in [-0.05, 0) is 24.6 Å². The van der Waals surface area contributed by atoms with Crippen LogP contribution in [-0.2, 0) is 0 Å². The molecule has 5 heteroatoms. The predicted molar refractivity (Wildman–Crippen MR) is 71.9 cm³/mol. The number of rotatable bonds is 4. The lowest BCUT2D eigenvalue weighted by Gasteiger charge is -2.11. The normalized spacial score (nSPS) is 10.3. The summed E-state index contributed by atoms with van der Waals surface area (Å²) in [7, 11) is 3.22. The highest BCUT2D eigenvalue weighted by molar-refractivity contribution is 5.91. The van der Waals surface area contributed by atoms with Crippen LogP contribution in [-0.4, -0.2) is 30.0 Å². The van der Waals surface area contributed by atoms with Crippen LogP contribution in [0.1, 0.15) is 23.1 Å². The molecule has 0 radical (unpaired) electrons. The third kappa shape index (κ3) is 2.45. The summed E-state index contributed by atoms with van der Waals surface area (Å²) in [6.07, 6.45) is 1.61. The zero-order chi connectivity index (χ0) is 14.0. The van der Waals surface area contributed by atoms with Gasteiger partial charge in [-0.2, -0.15) is 0 Å². The first-order chi connectivity index (χ1) is 9.06. The van der Waals surface area contributed by atoms with Crippen molar-refractivity contribution in [2.45, 2.75) is 13.8 Å². The number of carbonyl (C=O) groups is 1. The predicted octanol–water partition coefficient (Wildman–Crippen LogP) is 2.60. The van der Waals surface area contributed by atoms with Crippen LogP contribution in [0, 0.1) is 6.92 Å². The Balaban J connectivity index is 2.55. The number of Topliss-reactive ketones (excluding diaryl/α,β-unsaturated/α-hetero) is 1. The fourth-order valence-electron chi connectivity index (χ4n) is 1.90. The molecular weight excluding hydrogens is 244 g/mol. The number of benzene rings is 1. The Morgan fingerprint density at radius 1 is 1.21 bits per heavy atom. The third-order valence-electron chi connectivity index (χ3n) is 2.92. The maximum atomic E-state index is 11.3. The Hall–Kier alpha value is -2.30. The quantitative estimate of drug-likeness (QED) is 0.858. The number of ketones is 1. The number of methoxy groups -OCH3 is 2. The smallest absolute Gasteiger partial charge is 0.194 e. The van der Waals surface area contributed by atoms with E-state index in [-0.39, 0.29) is 5.78 Å². The van der Waals surface area contributed by atoms with E-state index in [0.717, 1.165) is 22.6 Å². The lowest BCUT2D eigenvalue weighted by Crippen LogP contribution is -1.95. The molecule has 0 saturated carbocycles. The maximum Gasteiger partial charge on any atom is 0.194 e. The summed E-state index contributed by atoms with van der Waals surface area (Å²) in [5.41, 5.74) is 2.51. The Kier molecular flexibility index (Phi) is 3.55. The van der Waals surface area contributed by atoms with Crippen molar-refractivity contribution in [3.63, 3.8) is 0 Å². The molecule has 19 heavy (non-hydrogen) atoms. The van der Waals surface area contributed by atoms with Crippen LogP contribution in [0.2, 0.25) is 0 Å². The van der Waals surface area contributed by atoms with Gasteiger partial charge >= 0.3 is 0 Å². The molecule has 0 amide bonds. The van der Waals surface area contributed by atoms with E-state index in [1.165, 1.54) is 6.92 Å². The first-order valence-electron chi connectivity index (χ1n) is 5.85. The number of carbonyl (C=O) groups excluding carboxylic acids is 1. The van der Waals surface area contributed by atoms with E-state index in [9.17, 15) is 4.79 Å². The molecule has 1 aromatic heterocycles. The van der Waals surface area contributed by atoms with Crippen molar-refractivity contribution >= 4 is 5.78 Å². The summed E-state index contributed by atoms with van der Waals surface area (Å²) in [5, 5.41) is 0. The molecule has 100 valence electrons. The molecule has 1 heterocycles. The summed E-state index contributed by atoms with van der Waals surface area (Å²) in [6.45, 7) is 3.41. The summed E-state index contributed by atoms with van der Waals surface area (Å²) < 4.78 is 10.7. The average Bonchev–Trinajstić information content (AvgIpc) is 2.88. The molecule has 0 aliphatic heterocycles. The fourth-order valence-corrected chi connectivity index (χ4v) is 1.90. The molecule has 1 aromatic carbocycles. The van der Waals surface area contributed by atoms with Crippen molar-refractivity contribution in [3.05, 3.63) is 29.7 Å². The van der Waals surface area contributed by atoms with Crippen molar-refractivity contribution < 1.29 is 14.3 Å². The summed E-state index contributed by atoms with van der Waals surface area (Å²) in [4.78, 5) is 18.3. The summed E-state index contributed by atoms with van der Waals surface area (Å²) in [5.74, 6) is 1.69. The second-order valence-corrected chi connectivity index (χ2v) is 4.22. The minimum atomic E-state index is -0.107. The number of hydrogen-bond donors (Lipinski definition) is 1. The SMILES string of the molecule is COc1cc(-c2cnc(C(C)=O)[nH]2)c(OC)cc1C. The Labute approximate surface area is 111 Å². The monoisotopic (exact) mass is 260 g/mol. The average molecular weight is 260 g/mol. The minimum absolute atomic E-state index is 0.107. The van der Waals surface area contributed by atoms with Gasteiger partial charge in [-0.1, -0.05) is 0 Å². The summed E-state index contributed by atoms with van der Waals surface area (Å²) in [6, 6.07) is 3.76. The molecule has 0 aliphatic rings. The van der Waals surface area contributed by atoms with Crippen LogP contribution in [0.25, 0.3) is 11.3 Å². The second-order valence-electron chi connectivity index (χ2n) is 4.22. The maximum absolute atomic E-state index is 11.3. The largest absolute Gasteiger partial charge is 0.496 e. The molecule has 0 fully saturated rings. The number of aromatic nitrogens is 2. The number of nitrogens with zero attached hydrogens (tertiary/aromatic N) is 1. The third-order valence-corrected chi connectivity index (χ3v) is 2.92. The number of hydrogen-bond acceptors (Lipinski definition) is 4. The summed E-state index contributed by atoms with van der Waals surface area (Å²) >= 11 is 0. The van der Waals surface area contributed by atoms with Crippen molar-refractivity contribution in [1.82, 2.24) is 9.97 Å². The van der Waals surface area contributed by atoms with E-state index in [1.807, 2.05) is 19.1 Å². The van der Waals surface area contributed by atoms with E-state index in [0.29, 0.717) is 11.6 Å². The van der Waals surface area contributed by atoms with E-state index >= 15 is 0 Å². The second kappa shape index (κ2) is 5.14. The lowest BCUT2D eigenvalue weighted by molar-refractivity contribution is 0.100. The number of aryl methyl sites for hydroxylation is 1. The van der Waals surface area contributed by atoms with Gasteiger partial charge in [0, 0.05) is 12.5 Å². The first kappa shape index (κ1) is 13.1. The molecule has 2 aromatic rings. The Morgan fingerprint density at radius 2 is 1.89 bits per heavy atom. The van der Waals surface area contributed by atoms with Gasteiger partial charge in [0.2, 0.25) is 0 Å². The van der Waals surface area contributed by atoms with Crippen molar-refractivity contribution in [1.29, 1.82) is 0 Å². The number of imidazole rings is 1. The Morgan fingerprint density at radius 3 is 2.42 bits per heavy atom. The lowest BCUT2D eigenvalue weighted by atomic mass is 10.1. The van der Waals surface area contributed by atoms with Crippen molar-refractivity contribution in [3.8, 4) is 22.8 Å². The van der Waals surface area contributed by atoms with Crippen molar-refractivity contribution in [2.24, 2.45) is 0 Å². The van der Waals surface area contributed by atoms with Gasteiger partial charge in [-0.15, -0.1) is 0 Å². The molecule has 0 unspecified atom stereocenters. The van der Waals surface area contributed by atoms with E-state index < -0.39 is 0 Å². The minimum Gasteiger partial charge on any atom is -0.496 e. The highest BCUT2D eigenvalue weighted by Gasteiger charge is 2.14. The number of ether oxygens (including phenoxy) is 2. The van der Waals surface area contributed by atoms with Gasteiger partial charge < -0.3 is 14.5 Å². The zero-order valence-electron chi connectivity index (χ0n) is 11.4. The van der Waals surface area contributed by atoms with Crippen molar-refractivity contribution in [2.75, 3.05) is 14.2 Å². The molecular formula is C14H16N2O3. The van der Waals surface area contributed by atoms with Crippen LogP contribution >= 0.6 is 0 Å². The molecule has 5 nitrogen and oxygen atoms in total. The van der Waals surface area contributed by atoms with Crippen LogP contribution < -0.4 is 9.47 Å².